The van der Waals surface area contributed by atoms with Gasteiger partial charge in [-0.1, -0.05) is 24.6 Å². The van der Waals surface area contributed by atoms with Crippen LogP contribution >= 0.6 is 0 Å². The Balaban J connectivity index is 3.21. The van der Waals surface area contributed by atoms with Crippen LogP contribution in [-0.2, 0) is 9.53 Å². The maximum Gasteiger partial charge on any atom is 0.305 e. The molecule has 0 N–H and O–H groups in total. The molecule has 0 amide bonds. The van der Waals surface area contributed by atoms with Crippen LogP contribution in [0.2, 0.25) is 0 Å². The lowest BCUT2D eigenvalue weighted by Gasteiger charge is -2.03. The van der Waals surface area contributed by atoms with Gasteiger partial charge in [0, 0.05) is 6.42 Å². The third-order valence-electron chi connectivity index (χ3n) is 2.30. The van der Waals surface area contributed by atoms with Crippen molar-refractivity contribution in [2.45, 2.75) is 51.9 Å². The van der Waals surface area contributed by atoms with Crippen molar-refractivity contribution >= 4 is 5.97 Å². The van der Waals surface area contributed by atoms with Crippen molar-refractivity contribution in [1.82, 2.24) is 0 Å². The van der Waals surface area contributed by atoms with E-state index in [0.717, 1.165) is 38.5 Å². The van der Waals surface area contributed by atoms with Crippen LogP contribution in [0.3, 0.4) is 0 Å². The highest BCUT2D eigenvalue weighted by atomic mass is 16.5. The molecule has 0 fully saturated rings. The molecule has 16 heavy (non-hydrogen) atoms. The monoisotopic (exact) mass is 224 g/mol. The van der Waals surface area contributed by atoms with Gasteiger partial charge in [0.05, 0.1) is 6.61 Å². The third kappa shape index (κ3) is 11.0. The number of hydrogen-bond acceptors (Lipinski definition) is 2. The van der Waals surface area contributed by atoms with E-state index in [0.29, 0.717) is 13.0 Å². The summed E-state index contributed by atoms with van der Waals surface area (Å²) < 4.78 is 5.10. The SMILES string of the molecule is C=CCCCCCC(=O)OCCCC=CC. The van der Waals surface area contributed by atoms with Crippen LogP contribution in [0.15, 0.2) is 24.8 Å². The van der Waals surface area contributed by atoms with Gasteiger partial charge in [0.25, 0.3) is 0 Å². The van der Waals surface area contributed by atoms with Crippen LogP contribution in [0.4, 0.5) is 0 Å². The summed E-state index contributed by atoms with van der Waals surface area (Å²) in [5.74, 6) is -0.0564. The molecule has 92 valence electrons. The normalized spacial score (nSPS) is 10.6. The summed E-state index contributed by atoms with van der Waals surface area (Å²) in [4.78, 5) is 11.2. The van der Waals surface area contributed by atoms with Crippen LogP contribution in [0, 0.1) is 0 Å². The molecule has 0 aromatic carbocycles. The number of hydrogen-bond donors (Lipinski definition) is 0. The number of allylic oxidation sites excluding steroid dienone is 3. The molecule has 0 atom stereocenters. The maximum atomic E-state index is 11.2. The zero-order valence-electron chi connectivity index (χ0n) is 10.4. The Morgan fingerprint density at radius 1 is 1.19 bits per heavy atom. The molecule has 0 spiro atoms. The van der Waals surface area contributed by atoms with Crippen molar-refractivity contribution in [3.8, 4) is 0 Å². The lowest BCUT2D eigenvalue weighted by molar-refractivity contribution is -0.143. The Morgan fingerprint density at radius 3 is 2.69 bits per heavy atom. The fraction of sp³-hybridized carbons (Fsp3) is 0.643. The Hall–Kier alpha value is -1.05. The average molecular weight is 224 g/mol. The van der Waals surface area contributed by atoms with E-state index in [1.807, 2.05) is 19.1 Å². The number of carbonyl (C=O) groups is 1. The van der Waals surface area contributed by atoms with Gasteiger partial charge in [0.15, 0.2) is 0 Å². The standard InChI is InChI=1S/C14H24O2/c1-3-5-7-9-10-12-14(15)16-13-11-8-6-4-2/h3-4,6H,1,5,7-13H2,2H3. The smallest absolute Gasteiger partial charge is 0.305 e. The van der Waals surface area contributed by atoms with E-state index in [2.05, 4.69) is 12.7 Å². The molecule has 0 aliphatic carbocycles. The van der Waals surface area contributed by atoms with E-state index in [-0.39, 0.29) is 5.97 Å². The van der Waals surface area contributed by atoms with Crippen molar-refractivity contribution in [3.05, 3.63) is 24.8 Å². The zero-order chi connectivity index (χ0) is 12.1. The van der Waals surface area contributed by atoms with Gasteiger partial charge in [-0.2, -0.15) is 0 Å². The number of unbranched alkanes of at least 4 members (excludes halogenated alkanes) is 4. The number of esters is 1. The predicted octanol–water partition coefficient (Wildman–Crippen LogP) is 4.02. The van der Waals surface area contributed by atoms with Crippen molar-refractivity contribution in [2.24, 2.45) is 0 Å². The molecule has 0 aliphatic heterocycles. The summed E-state index contributed by atoms with van der Waals surface area (Å²) in [5.41, 5.74) is 0. The Labute approximate surface area is 99.4 Å². The van der Waals surface area contributed by atoms with Crippen molar-refractivity contribution < 1.29 is 9.53 Å². The van der Waals surface area contributed by atoms with Gasteiger partial charge in [0.1, 0.15) is 0 Å². The minimum atomic E-state index is -0.0564. The molecule has 0 aromatic rings. The largest absolute Gasteiger partial charge is 0.466 e. The molecule has 0 bridgehead atoms. The molecule has 0 aromatic heterocycles. The first kappa shape index (κ1) is 14.9. The lowest BCUT2D eigenvalue weighted by Crippen LogP contribution is -2.05. The molecule has 2 heteroatoms. The molecule has 2 nitrogen and oxygen atoms in total. The minimum Gasteiger partial charge on any atom is -0.466 e. The van der Waals surface area contributed by atoms with Crippen LogP contribution in [0.5, 0.6) is 0 Å². The molecule has 0 saturated heterocycles. The highest BCUT2D eigenvalue weighted by molar-refractivity contribution is 5.69. The van der Waals surface area contributed by atoms with Crippen LogP contribution in [-0.4, -0.2) is 12.6 Å². The lowest BCUT2D eigenvalue weighted by atomic mass is 10.1. The third-order valence-corrected chi connectivity index (χ3v) is 2.30. The fourth-order valence-corrected chi connectivity index (χ4v) is 1.36. The van der Waals surface area contributed by atoms with Gasteiger partial charge in [-0.15, -0.1) is 6.58 Å². The van der Waals surface area contributed by atoms with Gasteiger partial charge < -0.3 is 4.74 Å². The summed E-state index contributed by atoms with van der Waals surface area (Å²) in [7, 11) is 0. The summed E-state index contributed by atoms with van der Waals surface area (Å²) in [6, 6.07) is 0. The van der Waals surface area contributed by atoms with Crippen molar-refractivity contribution in [3.63, 3.8) is 0 Å². The summed E-state index contributed by atoms with van der Waals surface area (Å²) >= 11 is 0. The topological polar surface area (TPSA) is 26.3 Å². The number of ether oxygens (including phenoxy) is 1. The van der Waals surface area contributed by atoms with E-state index in [1.165, 1.54) is 0 Å². The average Bonchev–Trinajstić information content (AvgIpc) is 2.28. The Kier molecular flexibility index (Phi) is 11.2. The second-order valence-corrected chi connectivity index (χ2v) is 3.82. The number of carbonyl (C=O) groups excluding carboxylic acids is 1. The fourth-order valence-electron chi connectivity index (χ4n) is 1.36. The van der Waals surface area contributed by atoms with Gasteiger partial charge in [-0.05, 0) is 39.0 Å². The quantitative estimate of drug-likeness (QED) is 0.318. The molecule has 0 radical (unpaired) electrons. The first-order valence-electron chi connectivity index (χ1n) is 6.19. The molecule has 0 heterocycles. The molecule has 0 unspecified atom stereocenters. The molecule has 0 saturated carbocycles. The predicted molar refractivity (Wildman–Crippen MR) is 68.3 cm³/mol. The van der Waals surface area contributed by atoms with Gasteiger partial charge in [-0.25, -0.2) is 0 Å². The Bertz CT molecular complexity index is 207. The molecular formula is C14H24O2. The first-order chi connectivity index (χ1) is 7.81. The first-order valence-corrected chi connectivity index (χ1v) is 6.19. The van der Waals surface area contributed by atoms with Crippen LogP contribution in [0.25, 0.3) is 0 Å². The molecule has 0 aliphatic rings. The van der Waals surface area contributed by atoms with E-state index in [4.69, 9.17) is 4.74 Å². The van der Waals surface area contributed by atoms with Crippen molar-refractivity contribution in [1.29, 1.82) is 0 Å². The minimum absolute atomic E-state index is 0.0564. The Morgan fingerprint density at radius 2 is 2.00 bits per heavy atom. The zero-order valence-corrected chi connectivity index (χ0v) is 10.4. The number of rotatable bonds is 10. The van der Waals surface area contributed by atoms with Gasteiger partial charge >= 0.3 is 5.97 Å². The second-order valence-electron chi connectivity index (χ2n) is 3.82. The van der Waals surface area contributed by atoms with E-state index < -0.39 is 0 Å². The van der Waals surface area contributed by atoms with Gasteiger partial charge in [0.2, 0.25) is 0 Å². The van der Waals surface area contributed by atoms with Crippen LogP contribution < -0.4 is 0 Å². The molecule has 0 rings (SSSR count). The van der Waals surface area contributed by atoms with E-state index in [1.54, 1.807) is 0 Å². The van der Waals surface area contributed by atoms with Crippen LogP contribution in [0.1, 0.15) is 51.9 Å². The highest BCUT2D eigenvalue weighted by Gasteiger charge is 2.01. The van der Waals surface area contributed by atoms with E-state index >= 15 is 0 Å². The summed E-state index contributed by atoms with van der Waals surface area (Å²) in [6.45, 7) is 6.21. The second kappa shape index (κ2) is 12.0. The maximum absolute atomic E-state index is 11.2. The summed E-state index contributed by atoms with van der Waals surface area (Å²) in [6.07, 6.45) is 12.7. The van der Waals surface area contributed by atoms with Gasteiger partial charge in [-0.3, -0.25) is 4.79 Å². The van der Waals surface area contributed by atoms with Crippen molar-refractivity contribution in [2.75, 3.05) is 6.61 Å². The highest BCUT2D eigenvalue weighted by Crippen LogP contribution is 2.04. The summed E-state index contributed by atoms with van der Waals surface area (Å²) in [5, 5.41) is 0. The molecular weight excluding hydrogens is 200 g/mol. The van der Waals surface area contributed by atoms with E-state index in [9.17, 15) is 4.79 Å².